The van der Waals surface area contributed by atoms with Crippen molar-refractivity contribution in [2.75, 3.05) is 26.8 Å². The SMILES string of the molecule is COc1cnc(-c2cc(C(=O)NCCO)[nH]n2)c2[nH]cc(C(=O)C(=O)N3CCc4c(cccc4-c4ccccn4)C3)c12. The third-order valence-corrected chi connectivity index (χ3v) is 7.29. The Morgan fingerprint density at radius 3 is 2.79 bits per heavy atom. The van der Waals surface area contributed by atoms with Gasteiger partial charge in [0.05, 0.1) is 42.1 Å². The molecule has 0 saturated heterocycles. The summed E-state index contributed by atoms with van der Waals surface area (Å²) in [7, 11) is 1.46. The Labute approximate surface area is 239 Å². The van der Waals surface area contributed by atoms with Gasteiger partial charge in [0.15, 0.2) is 0 Å². The maximum Gasteiger partial charge on any atom is 0.295 e. The van der Waals surface area contributed by atoms with E-state index >= 15 is 0 Å². The van der Waals surface area contributed by atoms with E-state index in [4.69, 9.17) is 9.84 Å². The smallest absolute Gasteiger partial charge is 0.295 e. The van der Waals surface area contributed by atoms with E-state index in [1.165, 1.54) is 25.6 Å². The van der Waals surface area contributed by atoms with Gasteiger partial charge in [-0.1, -0.05) is 24.3 Å². The quantitative estimate of drug-likeness (QED) is 0.165. The summed E-state index contributed by atoms with van der Waals surface area (Å²) in [5.41, 5.74) is 5.48. The van der Waals surface area contributed by atoms with Gasteiger partial charge < -0.3 is 25.0 Å². The maximum absolute atomic E-state index is 13.6. The third-order valence-electron chi connectivity index (χ3n) is 7.29. The summed E-state index contributed by atoms with van der Waals surface area (Å²) in [6.07, 6.45) is 5.27. The van der Waals surface area contributed by atoms with Gasteiger partial charge in [-0.3, -0.25) is 24.5 Å². The van der Waals surface area contributed by atoms with E-state index in [0.717, 1.165) is 22.4 Å². The molecule has 1 aliphatic rings. The lowest BCUT2D eigenvalue weighted by Crippen LogP contribution is -2.40. The van der Waals surface area contributed by atoms with Crippen LogP contribution in [0.4, 0.5) is 0 Å². The van der Waals surface area contributed by atoms with Gasteiger partial charge in [0, 0.05) is 37.6 Å². The summed E-state index contributed by atoms with van der Waals surface area (Å²) in [4.78, 5) is 53.0. The van der Waals surface area contributed by atoms with Crippen LogP contribution in [-0.2, 0) is 17.8 Å². The third kappa shape index (κ3) is 4.77. The van der Waals surface area contributed by atoms with Crippen molar-refractivity contribution in [3.63, 3.8) is 0 Å². The summed E-state index contributed by atoms with van der Waals surface area (Å²) in [6.45, 7) is 0.604. The number of carbonyl (C=O) groups excluding carboxylic acids is 3. The monoisotopic (exact) mass is 565 g/mol. The fourth-order valence-electron chi connectivity index (χ4n) is 5.27. The van der Waals surface area contributed by atoms with Crippen LogP contribution in [0.5, 0.6) is 5.75 Å². The zero-order valence-electron chi connectivity index (χ0n) is 22.7. The predicted molar refractivity (Wildman–Crippen MR) is 153 cm³/mol. The molecule has 0 unspecified atom stereocenters. The molecule has 0 aliphatic carbocycles. The second-order valence-corrected chi connectivity index (χ2v) is 9.74. The summed E-state index contributed by atoms with van der Waals surface area (Å²) >= 11 is 0. The molecule has 42 heavy (non-hydrogen) atoms. The summed E-state index contributed by atoms with van der Waals surface area (Å²) in [5, 5.41) is 18.8. The number of Topliss-reactive ketones (excluding diaryl/α,β-unsaturated/α-hetero) is 1. The highest BCUT2D eigenvalue weighted by atomic mass is 16.5. The number of amides is 2. The lowest BCUT2D eigenvalue weighted by molar-refractivity contribution is -0.127. The zero-order valence-corrected chi connectivity index (χ0v) is 22.7. The molecular weight excluding hydrogens is 538 g/mol. The number of hydrogen-bond donors (Lipinski definition) is 4. The number of nitrogens with zero attached hydrogens (tertiary/aromatic N) is 4. The minimum atomic E-state index is -0.674. The first-order valence-electron chi connectivity index (χ1n) is 13.3. The Kier molecular flexibility index (Phi) is 7.19. The van der Waals surface area contributed by atoms with Gasteiger partial charge in [0.2, 0.25) is 0 Å². The molecule has 0 radical (unpaired) electrons. The number of fused-ring (bicyclic) bond motifs is 2. The number of nitrogens with one attached hydrogen (secondary N) is 3. The van der Waals surface area contributed by atoms with E-state index in [9.17, 15) is 14.4 Å². The number of ether oxygens (including phenoxy) is 1. The van der Waals surface area contributed by atoms with Crippen molar-refractivity contribution in [3.8, 4) is 28.4 Å². The van der Waals surface area contributed by atoms with Crippen LogP contribution in [0.1, 0.15) is 32.0 Å². The van der Waals surface area contributed by atoms with Crippen LogP contribution < -0.4 is 10.1 Å². The summed E-state index contributed by atoms with van der Waals surface area (Å²) in [5.74, 6) is -1.41. The minimum absolute atomic E-state index is 0.0995. The number of aliphatic hydroxyl groups is 1. The van der Waals surface area contributed by atoms with Crippen molar-refractivity contribution in [1.29, 1.82) is 0 Å². The Bertz CT molecular complexity index is 1810. The average Bonchev–Trinajstić information content (AvgIpc) is 3.71. The molecule has 6 rings (SSSR count). The maximum atomic E-state index is 13.6. The van der Waals surface area contributed by atoms with Crippen LogP contribution in [0, 0.1) is 0 Å². The molecule has 1 aromatic carbocycles. The number of aromatic amines is 2. The predicted octanol–water partition coefficient (Wildman–Crippen LogP) is 2.51. The molecule has 0 fully saturated rings. The second kappa shape index (κ2) is 11.3. The first-order chi connectivity index (χ1) is 20.5. The molecule has 5 aromatic rings. The number of methoxy groups -OCH3 is 1. The molecule has 12 nitrogen and oxygen atoms in total. The van der Waals surface area contributed by atoms with Crippen molar-refractivity contribution in [2.24, 2.45) is 0 Å². The molecule has 212 valence electrons. The normalized spacial score (nSPS) is 12.7. The van der Waals surface area contributed by atoms with Gasteiger partial charge in [0.25, 0.3) is 17.6 Å². The molecule has 0 spiro atoms. The van der Waals surface area contributed by atoms with Crippen molar-refractivity contribution in [3.05, 3.63) is 83.4 Å². The van der Waals surface area contributed by atoms with E-state index in [-0.39, 0.29) is 24.4 Å². The number of rotatable bonds is 8. The zero-order chi connectivity index (χ0) is 29.2. The number of H-pyrrole nitrogens is 2. The lowest BCUT2D eigenvalue weighted by atomic mass is 9.92. The molecule has 4 aromatic heterocycles. The highest BCUT2D eigenvalue weighted by Gasteiger charge is 2.31. The second-order valence-electron chi connectivity index (χ2n) is 9.74. The topological polar surface area (TPSA) is 166 Å². The van der Waals surface area contributed by atoms with Crippen molar-refractivity contribution < 1.29 is 24.2 Å². The molecule has 0 atom stereocenters. The van der Waals surface area contributed by atoms with E-state index in [1.807, 2.05) is 36.4 Å². The highest BCUT2D eigenvalue weighted by molar-refractivity contribution is 6.45. The van der Waals surface area contributed by atoms with Crippen molar-refractivity contribution in [1.82, 2.24) is 35.4 Å². The molecule has 0 saturated carbocycles. The number of hydrogen-bond acceptors (Lipinski definition) is 8. The Hall–Kier alpha value is -5.36. The van der Waals surface area contributed by atoms with Gasteiger partial charge in [-0.05, 0) is 35.7 Å². The van der Waals surface area contributed by atoms with Gasteiger partial charge in [-0.15, -0.1) is 0 Å². The van der Waals surface area contributed by atoms with Crippen LogP contribution in [-0.4, -0.2) is 79.6 Å². The van der Waals surface area contributed by atoms with Crippen LogP contribution in [0.3, 0.4) is 0 Å². The van der Waals surface area contributed by atoms with Crippen molar-refractivity contribution >= 4 is 28.5 Å². The van der Waals surface area contributed by atoms with Gasteiger partial charge >= 0.3 is 0 Å². The van der Waals surface area contributed by atoms with E-state index in [0.29, 0.717) is 47.6 Å². The fourth-order valence-corrected chi connectivity index (χ4v) is 5.27. The molecular formula is C30H27N7O5. The highest BCUT2D eigenvalue weighted by Crippen LogP contribution is 2.35. The van der Waals surface area contributed by atoms with Gasteiger partial charge in [-0.2, -0.15) is 5.10 Å². The van der Waals surface area contributed by atoms with Crippen molar-refractivity contribution in [2.45, 2.75) is 13.0 Å². The number of aromatic nitrogens is 5. The van der Waals surface area contributed by atoms with Crippen LogP contribution in [0.15, 0.2) is 61.1 Å². The van der Waals surface area contributed by atoms with E-state index < -0.39 is 17.6 Å². The fraction of sp³-hybridized carbons (Fsp3) is 0.200. The molecule has 2 amide bonds. The Morgan fingerprint density at radius 2 is 2.00 bits per heavy atom. The van der Waals surface area contributed by atoms with Crippen LogP contribution in [0.2, 0.25) is 0 Å². The first kappa shape index (κ1) is 26.8. The molecule has 4 N–H and O–H groups in total. The Morgan fingerprint density at radius 1 is 1.12 bits per heavy atom. The van der Waals surface area contributed by atoms with Gasteiger partial charge in [-0.25, -0.2) is 4.98 Å². The summed E-state index contributed by atoms with van der Waals surface area (Å²) < 4.78 is 5.50. The molecule has 12 heteroatoms. The number of benzene rings is 1. The standard InChI is InChI=1S/C30H27N7O5/c1-42-24-15-34-26(22-13-23(36-35-22)29(40)32-10-12-38)27-25(24)20(14-33-27)28(39)30(41)37-11-8-18-17(16-37)5-4-6-19(18)21-7-2-3-9-31-21/h2-7,9,13-15,33,38H,8,10-12,16H2,1H3,(H,32,40)(H,35,36). The molecule has 1 aliphatic heterocycles. The minimum Gasteiger partial charge on any atom is -0.494 e. The number of aliphatic hydroxyl groups excluding tert-OH is 1. The van der Waals surface area contributed by atoms with Gasteiger partial charge in [0.1, 0.15) is 22.8 Å². The lowest BCUT2D eigenvalue weighted by Gasteiger charge is -2.29. The largest absolute Gasteiger partial charge is 0.494 e. The molecule has 0 bridgehead atoms. The molecule has 5 heterocycles. The van der Waals surface area contributed by atoms with E-state index in [2.05, 4.69) is 30.5 Å². The summed E-state index contributed by atoms with van der Waals surface area (Å²) in [6, 6.07) is 13.2. The Balaban J connectivity index is 1.29. The van der Waals surface area contributed by atoms with Crippen LogP contribution in [0.25, 0.3) is 33.5 Å². The first-order valence-corrected chi connectivity index (χ1v) is 13.3. The number of carbonyl (C=O) groups is 3. The number of pyridine rings is 2. The number of ketones is 1. The van der Waals surface area contributed by atoms with E-state index in [1.54, 1.807) is 11.1 Å². The average molecular weight is 566 g/mol. The van der Waals surface area contributed by atoms with Crippen LogP contribution >= 0.6 is 0 Å².